The van der Waals surface area contributed by atoms with Crippen molar-refractivity contribution in [2.45, 2.75) is 46.1 Å². The minimum absolute atomic E-state index is 0.0754. The molecule has 2 atom stereocenters. The summed E-state index contributed by atoms with van der Waals surface area (Å²) in [4.78, 5) is 0. The highest BCUT2D eigenvalue weighted by atomic mass is 16.7. The van der Waals surface area contributed by atoms with Crippen LogP contribution in [0.15, 0.2) is 23.3 Å². The number of hydrogen-bond acceptors (Lipinski definition) is 3. The Labute approximate surface area is 140 Å². The maximum absolute atomic E-state index is 9.39. The van der Waals surface area contributed by atoms with Crippen molar-refractivity contribution in [1.29, 1.82) is 0 Å². The largest absolute Gasteiger partial charge is 0.396 e. The second kappa shape index (κ2) is 9.58. The van der Waals surface area contributed by atoms with Crippen molar-refractivity contribution >= 4 is 0 Å². The van der Waals surface area contributed by atoms with E-state index in [9.17, 15) is 5.11 Å². The molecule has 0 aliphatic heterocycles. The molecule has 23 heavy (non-hydrogen) atoms. The van der Waals surface area contributed by atoms with Crippen molar-refractivity contribution in [2.24, 2.45) is 11.3 Å². The lowest BCUT2D eigenvalue weighted by atomic mass is 9.63. The Morgan fingerprint density at radius 1 is 1.43 bits per heavy atom. The van der Waals surface area contributed by atoms with Crippen molar-refractivity contribution in [2.75, 3.05) is 20.5 Å². The number of aliphatic hydroxyl groups excluding tert-OH is 1. The molecule has 0 aromatic heterocycles. The fourth-order valence-corrected chi connectivity index (χ4v) is 3.45. The van der Waals surface area contributed by atoms with Gasteiger partial charge in [-0.3, -0.25) is 0 Å². The molecule has 1 N–H and O–H groups in total. The van der Waals surface area contributed by atoms with Crippen molar-refractivity contribution in [3.05, 3.63) is 23.3 Å². The van der Waals surface area contributed by atoms with Crippen LogP contribution in [0, 0.1) is 35.5 Å². The van der Waals surface area contributed by atoms with E-state index in [1.54, 1.807) is 19.3 Å². The Bertz CT molecular complexity index is 537. The molecule has 0 heterocycles. The average Bonchev–Trinajstić information content (AvgIpc) is 2.51. The quantitative estimate of drug-likeness (QED) is 0.464. The van der Waals surface area contributed by atoms with Crippen LogP contribution in [-0.2, 0) is 9.47 Å². The summed E-state index contributed by atoms with van der Waals surface area (Å²) in [5, 5.41) is 9.39. The molecular weight excluding hydrogens is 288 g/mol. The summed E-state index contributed by atoms with van der Waals surface area (Å²) in [7, 11) is 1.61. The zero-order valence-corrected chi connectivity index (χ0v) is 14.7. The van der Waals surface area contributed by atoms with E-state index in [4.69, 9.17) is 15.9 Å². The first kappa shape index (κ1) is 19.5. The van der Waals surface area contributed by atoms with Crippen LogP contribution in [0.25, 0.3) is 0 Å². The van der Waals surface area contributed by atoms with E-state index in [-0.39, 0.29) is 30.8 Å². The number of terminal acetylenes is 1. The molecule has 3 heteroatoms. The van der Waals surface area contributed by atoms with Crippen LogP contribution < -0.4 is 0 Å². The van der Waals surface area contributed by atoms with Gasteiger partial charge in [-0.2, -0.15) is 0 Å². The van der Waals surface area contributed by atoms with Crippen molar-refractivity contribution in [1.82, 2.24) is 0 Å². The molecule has 126 valence electrons. The van der Waals surface area contributed by atoms with Crippen LogP contribution >= 0.6 is 0 Å². The van der Waals surface area contributed by atoms with E-state index in [0.29, 0.717) is 6.42 Å². The first-order chi connectivity index (χ1) is 11.0. The summed E-state index contributed by atoms with van der Waals surface area (Å²) in [5.41, 5.74) is 2.63. The number of hydrogen-bond donors (Lipinski definition) is 1. The Morgan fingerprint density at radius 3 is 2.78 bits per heavy atom. The second-order valence-electron chi connectivity index (χ2n) is 6.38. The van der Waals surface area contributed by atoms with Crippen LogP contribution in [0.3, 0.4) is 0 Å². The van der Waals surface area contributed by atoms with Gasteiger partial charge in [0.05, 0.1) is 0 Å². The van der Waals surface area contributed by atoms with Gasteiger partial charge >= 0.3 is 0 Å². The van der Waals surface area contributed by atoms with Crippen molar-refractivity contribution in [3.63, 3.8) is 0 Å². The Morgan fingerprint density at radius 2 is 2.17 bits per heavy atom. The lowest BCUT2D eigenvalue weighted by Crippen LogP contribution is -2.40. The first-order valence-corrected chi connectivity index (χ1v) is 8.01. The van der Waals surface area contributed by atoms with E-state index in [0.717, 1.165) is 12.8 Å². The summed E-state index contributed by atoms with van der Waals surface area (Å²) >= 11 is 0. The summed E-state index contributed by atoms with van der Waals surface area (Å²) in [6.45, 7) is 6.97. The third-order valence-corrected chi connectivity index (χ3v) is 4.63. The molecule has 0 unspecified atom stereocenters. The lowest BCUT2D eigenvalue weighted by Gasteiger charge is -2.44. The van der Waals surface area contributed by atoms with Gasteiger partial charge in [0.1, 0.15) is 12.9 Å². The molecule has 0 saturated heterocycles. The summed E-state index contributed by atoms with van der Waals surface area (Å²) < 4.78 is 10.9. The van der Waals surface area contributed by atoms with E-state index in [2.05, 4.69) is 38.5 Å². The molecule has 0 amide bonds. The molecule has 3 nitrogen and oxygen atoms in total. The van der Waals surface area contributed by atoms with Gasteiger partial charge in [0, 0.05) is 19.6 Å². The standard InChI is InChI=1S/C20H28O3/c1-6-7-8-9-10-19(23-15-22-5)18-12-11-16(2)17(13-14-21)20(18,3)4/h1,7-8,18-19,21H,11-15H2,2-5H3/b8-7-/t18-,19+/m0/s1. The summed E-state index contributed by atoms with van der Waals surface area (Å²) in [5.74, 6) is 8.81. The maximum Gasteiger partial charge on any atom is 0.148 e. The predicted octanol–water partition coefficient (Wildman–Crippen LogP) is 3.30. The van der Waals surface area contributed by atoms with Gasteiger partial charge in [-0.15, -0.1) is 6.42 Å². The predicted molar refractivity (Wildman–Crippen MR) is 93.4 cm³/mol. The van der Waals surface area contributed by atoms with Crippen molar-refractivity contribution in [3.8, 4) is 24.2 Å². The van der Waals surface area contributed by atoms with Gasteiger partial charge in [-0.25, -0.2) is 0 Å². The average molecular weight is 316 g/mol. The van der Waals surface area contributed by atoms with E-state index >= 15 is 0 Å². The molecule has 1 aliphatic rings. The molecule has 0 aromatic rings. The number of methoxy groups -OCH3 is 1. The molecule has 0 bridgehead atoms. The van der Waals surface area contributed by atoms with Crippen molar-refractivity contribution < 1.29 is 14.6 Å². The maximum atomic E-state index is 9.39. The molecule has 1 rings (SSSR count). The van der Waals surface area contributed by atoms with Crippen LogP contribution in [-0.4, -0.2) is 31.7 Å². The minimum atomic E-state index is -0.228. The Balaban J connectivity index is 3.07. The van der Waals surface area contributed by atoms with Gasteiger partial charge < -0.3 is 14.6 Å². The second-order valence-corrected chi connectivity index (χ2v) is 6.38. The number of rotatable bonds is 6. The molecule has 1 aliphatic carbocycles. The van der Waals surface area contributed by atoms with Crippen LogP contribution in [0.5, 0.6) is 0 Å². The summed E-state index contributed by atoms with van der Waals surface area (Å²) in [6.07, 6.45) is 10.9. The van der Waals surface area contributed by atoms with E-state index in [1.807, 2.05) is 0 Å². The SMILES string of the molecule is C#C/C=C\C#C[C@@H](OCOC)[C@@H]1CCC(C)=C(CCO)C1(C)C. The van der Waals surface area contributed by atoms with Gasteiger partial charge in [0.2, 0.25) is 0 Å². The third kappa shape index (κ3) is 5.26. The molecule has 0 fully saturated rings. The monoisotopic (exact) mass is 316 g/mol. The highest BCUT2D eigenvalue weighted by Gasteiger charge is 2.41. The van der Waals surface area contributed by atoms with Gasteiger partial charge in [0.25, 0.3) is 0 Å². The Hall–Kier alpha value is -1.52. The van der Waals surface area contributed by atoms with E-state index < -0.39 is 0 Å². The molecule has 0 spiro atoms. The van der Waals surface area contributed by atoms with Gasteiger partial charge in [-0.05, 0) is 43.8 Å². The van der Waals surface area contributed by atoms with Crippen LogP contribution in [0.4, 0.5) is 0 Å². The number of allylic oxidation sites excluding steroid dienone is 3. The zero-order valence-electron chi connectivity index (χ0n) is 14.7. The Kier molecular flexibility index (Phi) is 8.13. The fourth-order valence-electron chi connectivity index (χ4n) is 3.45. The minimum Gasteiger partial charge on any atom is -0.396 e. The summed E-state index contributed by atoms with van der Waals surface area (Å²) in [6, 6.07) is 0. The molecule has 0 radical (unpaired) electrons. The van der Waals surface area contributed by atoms with E-state index in [1.165, 1.54) is 11.1 Å². The lowest BCUT2D eigenvalue weighted by molar-refractivity contribution is -0.0858. The van der Waals surface area contributed by atoms with Crippen LogP contribution in [0.2, 0.25) is 0 Å². The highest BCUT2D eigenvalue weighted by molar-refractivity contribution is 5.29. The number of ether oxygens (including phenoxy) is 2. The first-order valence-electron chi connectivity index (χ1n) is 8.01. The third-order valence-electron chi connectivity index (χ3n) is 4.63. The topological polar surface area (TPSA) is 38.7 Å². The normalized spacial score (nSPS) is 21.7. The highest BCUT2D eigenvalue weighted by Crippen LogP contribution is 2.47. The number of aliphatic hydroxyl groups is 1. The van der Waals surface area contributed by atoms with Gasteiger partial charge in [-0.1, -0.05) is 42.8 Å². The molecule has 0 saturated carbocycles. The molecule has 0 aromatic carbocycles. The zero-order chi connectivity index (χ0) is 17.3. The fraction of sp³-hybridized carbons (Fsp3) is 0.600. The smallest absolute Gasteiger partial charge is 0.148 e. The van der Waals surface area contributed by atoms with Gasteiger partial charge in [0.15, 0.2) is 0 Å². The molecular formula is C20H28O3. The van der Waals surface area contributed by atoms with Crippen LogP contribution in [0.1, 0.15) is 40.0 Å².